The molecule has 1 N–H and O–H groups in total. The molecule has 0 bridgehead atoms. The van der Waals surface area contributed by atoms with Crippen LogP contribution in [0.25, 0.3) is 0 Å². The zero-order valence-electron chi connectivity index (χ0n) is 26.9. The quantitative estimate of drug-likeness (QED) is 0.0665. The molecule has 1 aromatic carbocycles. The minimum atomic E-state index is -1.75. The molecule has 2 unspecified atom stereocenters. The van der Waals surface area contributed by atoms with Crippen LogP contribution in [0.3, 0.4) is 0 Å². The molecule has 3 rings (SSSR count). The standard InChI is InChI=1S/C33H47Cl2N3O7/c1-5-8-9-10-11-12-13-14-15-16-19-45-31(42)22-20-25(24(35)21-23(22)34)36-28(40)26(27(39)33(6-2)17-18-33)38-29(41)30(44-7-3)37(4)32(38)43/h20-21,26,30H,5-19H2,1-4H3,(H,36,40). The Kier molecular flexibility index (Phi) is 14.1. The van der Waals surface area contributed by atoms with E-state index in [1.807, 2.05) is 6.92 Å². The van der Waals surface area contributed by atoms with E-state index in [0.717, 1.165) is 24.2 Å². The molecule has 1 aliphatic carbocycles. The van der Waals surface area contributed by atoms with Crippen LogP contribution in [-0.2, 0) is 23.9 Å². The number of hydrogen-bond donors (Lipinski definition) is 1. The number of halogens is 2. The first-order valence-electron chi connectivity index (χ1n) is 16.3. The average Bonchev–Trinajstić information content (AvgIpc) is 3.79. The van der Waals surface area contributed by atoms with Gasteiger partial charge in [0.25, 0.3) is 11.8 Å². The molecular weight excluding hydrogens is 621 g/mol. The number of nitrogens with zero attached hydrogens (tertiary/aromatic N) is 2. The van der Waals surface area contributed by atoms with Gasteiger partial charge >= 0.3 is 12.0 Å². The molecule has 1 saturated heterocycles. The van der Waals surface area contributed by atoms with Crippen LogP contribution >= 0.6 is 23.2 Å². The van der Waals surface area contributed by atoms with Gasteiger partial charge in [0.2, 0.25) is 6.23 Å². The van der Waals surface area contributed by atoms with Crippen molar-refractivity contribution < 1.29 is 33.4 Å². The molecule has 1 saturated carbocycles. The molecular formula is C33H47Cl2N3O7. The third-order valence-corrected chi connectivity index (χ3v) is 9.33. The highest BCUT2D eigenvalue weighted by Crippen LogP contribution is 2.51. The van der Waals surface area contributed by atoms with E-state index in [2.05, 4.69) is 12.2 Å². The fourth-order valence-electron chi connectivity index (χ4n) is 5.63. The lowest BCUT2D eigenvalue weighted by molar-refractivity contribution is -0.148. The van der Waals surface area contributed by atoms with Crippen LogP contribution in [0, 0.1) is 5.41 Å². The van der Waals surface area contributed by atoms with Crippen molar-refractivity contribution in [2.24, 2.45) is 5.41 Å². The zero-order chi connectivity index (χ0) is 33.1. The number of hydrogen-bond acceptors (Lipinski definition) is 7. The third kappa shape index (κ3) is 9.20. The van der Waals surface area contributed by atoms with Crippen molar-refractivity contribution in [2.75, 3.05) is 25.6 Å². The molecule has 2 fully saturated rings. The predicted molar refractivity (Wildman–Crippen MR) is 173 cm³/mol. The number of benzene rings is 1. The van der Waals surface area contributed by atoms with E-state index in [4.69, 9.17) is 32.7 Å². The predicted octanol–water partition coefficient (Wildman–Crippen LogP) is 7.39. The minimum Gasteiger partial charge on any atom is -0.462 e. The molecule has 2 atom stereocenters. The minimum absolute atomic E-state index is 0.00538. The van der Waals surface area contributed by atoms with Crippen LogP contribution in [0.1, 0.15) is 115 Å². The van der Waals surface area contributed by atoms with E-state index < -0.39 is 47.3 Å². The highest BCUT2D eigenvalue weighted by Gasteiger charge is 2.58. The van der Waals surface area contributed by atoms with Gasteiger partial charge in [-0.25, -0.2) is 14.5 Å². The summed E-state index contributed by atoms with van der Waals surface area (Å²) in [6.45, 7) is 6.07. The first kappa shape index (κ1) is 36.8. The normalized spacial score (nSPS) is 17.9. The van der Waals surface area contributed by atoms with Gasteiger partial charge in [0.15, 0.2) is 11.8 Å². The smallest absolute Gasteiger partial charge is 0.339 e. The second-order valence-electron chi connectivity index (χ2n) is 11.9. The number of ether oxygens (including phenoxy) is 2. The van der Waals surface area contributed by atoms with Gasteiger partial charge < -0.3 is 14.8 Å². The molecule has 0 radical (unpaired) electrons. The summed E-state index contributed by atoms with van der Waals surface area (Å²) in [5.74, 6) is -2.94. The number of likely N-dealkylation sites (N-methyl/N-ethyl adjacent to an activating group) is 1. The van der Waals surface area contributed by atoms with Gasteiger partial charge in [-0.2, -0.15) is 0 Å². The van der Waals surface area contributed by atoms with Crippen LogP contribution in [0.2, 0.25) is 10.0 Å². The summed E-state index contributed by atoms with van der Waals surface area (Å²) in [4.78, 5) is 68.5. The zero-order valence-corrected chi connectivity index (χ0v) is 28.4. The Morgan fingerprint density at radius 2 is 1.53 bits per heavy atom. The summed E-state index contributed by atoms with van der Waals surface area (Å²) < 4.78 is 10.9. The van der Waals surface area contributed by atoms with Crippen molar-refractivity contribution in [2.45, 2.75) is 117 Å². The number of rotatable bonds is 20. The van der Waals surface area contributed by atoms with Crippen LogP contribution in [0.4, 0.5) is 10.5 Å². The van der Waals surface area contributed by atoms with Gasteiger partial charge in [0.1, 0.15) is 0 Å². The molecule has 0 aromatic heterocycles. The van der Waals surface area contributed by atoms with Gasteiger partial charge in [0.05, 0.1) is 27.9 Å². The summed E-state index contributed by atoms with van der Waals surface area (Å²) in [5.41, 5.74) is -0.828. The lowest BCUT2D eigenvalue weighted by Crippen LogP contribution is -2.54. The first-order chi connectivity index (χ1) is 21.5. The maximum atomic E-state index is 13.8. The number of ketones is 1. The first-order valence-corrected chi connectivity index (χ1v) is 17.0. The summed E-state index contributed by atoms with van der Waals surface area (Å²) in [6.07, 6.45) is 11.8. The summed E-state index contributed by atoms with van der Waals surface area (Å²) in [6, 6.07) is 0.00295. The number of esters is 1. The Bertz CT molecular complexity index is 1240. The molecule has 10 nitrogen and oxygen atoms in total. The molecule has 12 heteroatoms. The molecule has 4 amide bonds. The van der Waals surface area contributed by atoms with Crippen LogP contribution in [0.5, 0.6) is 0 Å². The Morgan fingerprint density at radius 1 is 0.933 bits per heavy atom. The number of nitrogens with one attached hydrogen (secondary N) is 1. The van der Waals surface area contributed by atoms with Crippen LogP contribution < -0.4 is 5.32 Å². The van der Waals surface area contributed by atoms with E-state index in [1.54, 1.807) is 6.92 Å². The largest absolute Gasteiger partial charge is 0.462 e. The second kappa shape index (κ2) is 17.3. The molecule has 0 spiro atoms. The monoisotopic (exact) mass is 667 g/mol. The van der Waals surface area contributed by atoms with E-state index >= 15 is 0 Å². The fourth-order valence-corrected chi connectivity index (χ4v) is 6.14. The number of carbonyl (C=O) groups is 5. The van der Waals surface area contributed by atoms with Crippen LogP contribution in [-0.4, -0.2) is 71.9 Å². The highest BCUT2D eigenvalue weighted by molar-refractivity contribution is 6.38. The number of anilines is 1. The number of urea groups is 1. The molecule has 45 heavy (non-hydrogen) atoms. The number of amides is 4. The molecule has 250 valence electrons. The van der Waals surface area contributed by atoms with Gasteiger partial charge in [0, 0.05) is 19.1 Å². The Balaban J connectivity index is 1.67. The average molecular weight is 669 g/mol. The Morgan fingerprint density at radius 3 is 2.09 bits per heavy atom. The fraction of sp³-hybridized carbons (Fsp3) is 0.667. The lowest BCUT2D eigenvalue weighted by atomic mass is 9.91. The summed E-state index contributed by atoms with van der Waals surface area (Å²) in [5, 5.41) is 2.61. The van der Waals surface area contributed by atoms with E-state index in [-0.39, 0.29) is 34.5 Å². The van der Waals surface area contributed by atoms with E-state index in [9.17, 15) is 24.0 Å². The SMILES string of the molecule is CCCCCCCCCCCCOC(=O)c1cc(NC(=O)C(C(=O)C2(CC)CC2)N2C(=O)C(OCC)N(C)C2=O)c(Cl)cc1Cl. The maximum Gasteiger partial charge on any atom is 0.339 e. The number of unbranched alkanes of at least 4 members (excludes halogenated alkanes) is 9. The van der Waals surface area contributed by atoms with E-state index in [1.165, 1.54) is 57.7 Å². The van der Waals surface area contributed by atoms with Gasteiger partial charge in [-0.05, 0) is 44.7 Å². The van der Waals surface area contributed by atoms with Crippen molar-refractivity contribution in [1.29, 1.82) is 0 Å². The van der Waals surface area contributed by atoms with Crippen molar-refractivity contribution in [1.82, 2.24) is 9.80 Å². The van der Waals surface area contributed by atoms with Crippen molar-refractivity contribution in [3.63, 3.8) is 0 Å². The molecule has 1 aromatic rings. The summed E-state index contributed by atoms with van der Waals surface area (Å²) >= 11 is 12.7. The number of Topliss-reactive ketones (excluding diaryl/α,β-unsaturated/α-hetero) is 1. The second-order valence-corrected chi connectivity index (χ2v) is 12.7. The maximum absolute atomic E-state index is 13.8. The molecule has 1 heterocycles. The van der Waals surface area contributed by atoms with Crippen molar-refractivity contribution in [3.8, 4) is 0 Å². The highest BCUT2D eigenvalue weighted by atomic mass is 35.5. The Hall–Kier alpha value is -2.69. The van der Waals surface area contributed by atoms with Crippen molar-refractivity contribution >= 4 is 58.5 Å². The van der Waals surface area contributed by atoms with Crippen LogP contribution in [0.15, 0.2) is 12.1 Å². The number of carbonyl (C=O) groups excluding carboxylic acids is 5. The molecule has 2 aliphatic rings. The van der Waals surface area contributed by atoms with Gasteiger partial charge in [-0.15, -0.1) is 0 Å². The topological polar surface area (TPSA) is 122 Å². The van der Waals surface area contributed by atoms with E-state index in [0.29, 0.717) is 30.6 Å². The van der Waals surface area contributed by atoms with Crippen molar-refractivity contribution in [3.05, 3.63) is 27.7 Å². The lowest BCUT2D eigenvalue weighted by Gasteiger charge is -2.27. The van der Waals surface area contributed by atoms with Gasteiger partial charge in [-0.1, -0.05) is 94.8 Å². The summed E-state index contributed by atoms with van der Waals surface area (Å²) in [7, 11) is 1.37. The number of imide groups is 1. The third-order valence-electron chi connectivity index (χ3n) is 8.71. The molecule has 1 aliphatic heterocycles. The Labute approximate surface area is 276 Å². The van der Waals surface area contributed by atoms with Gasteiger partial charge in [-0.3, -0.25) is 19.3 Å².